The van der Waals surface area contributed by atoms with Gasteiger partial charge in [-0.2, -0.15) is 0 Å². The smallest absolute Gasteiger partial charge is 0.243 e. The number of ketones is 1. The fourth-order valence-corrected chi connectivity index (χ4v) is 4.11. The number of hydrogen-bond donors (Lipinski definition) is 10. The normalized spacial score (nSPS) is 13.5. The minimum absolute atomic E-state index is 0.0116. The molecule has 4 amide bonds. The van der Waals surface area contributed by atoms with Gasteiger partial charge in [-0.1, -0.05) is 6.58 Å². The van der Waals surface area contributed by atoms with Crippen molar-refractivity contribution >= 4 is 29.4 Å². The van der Waals surface area contributed by atoms with Gasteiger partial charge in [0.2, 0.25) is 23.6 Å². The van der Waals surface area contributed by atoms with Crippen LogP contribution in [0.15, 0.2) is 12.4 Å². The molecule has 0 rings (SSSR count). The number of carbonyl (C=O) groups excluding carboxylic acids is 5. The molecule has 17 nitrogen and oxygen atoms in total. The zero-order valence-electron chi connectivity index (χ0n) is 27.2. The maximum Gasteiger partial charge on any atom is 0.243 e. The highest BCUT2D eigenvalue weighted by atomic mass is 16.5. The lowest BCUT2D eigenvalue weighted by Gasteiger charge is -2.26. The Morgan fingerprint density at radius 3 is 1.87 bits per heavy atom. The van der Waals surface area contributed by atoms with Crippen molar-refractivity contribution in [3.05, 3.63) is 12.4 Å². The first-order valence-electron chi connectivity index (χ1n) is 15.6. The number of carbonyl (C=O) groups is 5. The highest BCUT2D eigenvalue weighted by Crippen LogP contribution is 2.07. The van der Waals surface area contributed by atoms with Gasteiger partial charge in [-0.05, 0) is 59.0 Å². The van der Waals surface area contributed by atoms with Gasteiger partial charge in [-0.25, -0.2) is 0 Å². The van der Waals surface area contributed by atoms with Crippen molar-refractivity contribution in [1.29, 1.82) is 0 Å². The summed E-state index contributed by atoms with van der Waals surface area (Å²) in [6, 6.07) is -3.86. The number of hydrogen-bond acceptors (Lipinski definition) is 13. The van der Waals surface area contributed by atoms with E-state index in [-0.39, 0.29) is 89.4 Å². The van der Waals surface area contributed by atoms with Crippen LogP contribution in [0, 0.1) is 0 Å². The summed E-state index contributed by atoms with van der Waals surface area (Å²) in [6.07, 6.45) is 1.90. The predicted octanol–water partition coefficient (Wildman–Crippen LogP) is -3.54. The number of aliphatic hydroxyl groups is 2. The van der Waals surface area contributed by atoms with Crippen LogP contribution in [-0.2, 0) is 33.4 Å². The first-order chi connectivity index (χ1) is 22.0. The van der Waals surface area contributed by atoms with E-state index in [1.54, 1.807) is 7.05 Å². The van der Waals surface area contributed by atoms with Gasteiger partial charge in [0.25, 0.3) is 0 Å². The molecular formula is C29H56N8O9. The van der Waals surface area contributed by atoms with E-state index in [0.29, 0.717) is 32.4 Å². The lowest BCUT2D eigenvalue weighted by molar-refractivity contribution is -0.134. The molecule has 0 bridgehead atoms. The molecule has 0 fully saturated rings. The molecular weight excluding hydrogens is 604 g/mol. The fourth-order valence-electron chi connectivity index (χ4n) is 4.11. The SMILES string of the molecule is C=C(N)NCCC[C@H](NC(=O)C(COCCOCCO)NC)C(=O)NC(CCCCN)C(=O)N[C@@H](CCC(=O)NCCO)C(C)=O. The summed E-state index contributed by atoms with van der Waals surface area (Å²) < 4.78 is 10.6. The first-order valence-corrected chi connectivity index (χ1v) is 15.6. The quantitative estimate of drug-likeness (QED) is 0.0349. The molecule has 0 heterocycles. The van der Waals surface area contributed by atoms with Crippen molar-refractivity contribution < 1.29 is 43.7 Å². The number of rotatable bonds is 29. The van der Waals surface area contributed by atoms with Gasteiger partial charge in [-0.3, -0.25) is 24.0 Å². The van der Waals surface area contributed by atoms with Gasteiger partial charge in [0.1, 0.15) is 18.1 Å². The summed E-state index contributed by atoms with van der Waals surface area (Å²) in [7, 11) is 1.57. The number of nitrogens with one attached hydrogen (secondary N) is 6. The van der Waals surface area contributed by atoms with Crippen molar-refractivity contribution in [2.45, 2.75) is 76.0 Å². The number of aliphatic hydroxyl groups excluding tert-OH is 2. The van der Waals surface area contributed by atoms with E-state index in [4.69, 9.17) is 31.2 Å². The monoisotopic (exact) mass is 660 g/mol. The maximum absolute atomic E-state index is 13.5. The average Bonchev–Trinajstić information content (AvgIpc) is 3.02. The number of unbranched alkanes of at least 4 members (excludes halogenated alkanes) is 1. The minimum atomic E-state index is -1.05. The highest BCUT2D eigenvalue weighted by Gasteiger charge is 2.30. The molecule has 4 atom stereocenters. The molecule has 2 unspecified atom stereocenters. The van der Waals surface area contributed by atoms with Crippen LogP contribution >= 0.6 is 0 Å². The van der Waals surface area contributed by atoms with E-state index in [1.807, 2.05) is 0 Å². The van der Waals surface area contributed by atoms with Crippen LogP contribution < -0.4 is 43.4 Å². The summed E-state index contributed by atoms with van der Waals surface area (Å²) in [5.74, 6) is -2.22. The zero-order chi connectivity index (χ0) is 34.7. The largest absolute Gasteiger partial charge is 0.395 e. The Morgan fingerprint density at radius 2 is 1.33 bits per heavy atom. The van der Waals surface area contributed by atoms with Crippen molar-refractivity contribution in [3.8, 4) is 0 Å². The number of likely N-dealkylation sites (N-methyl/N-ethyl adjacent to an activating group) is 1. The van der Waals surface area contributed by atoms with Gasteiger partial charge in [0.15, 0.2) is 5.78 Å². The third-order valence-electron chi connectivity index (χ3n) is 6.69. The molecule has 0 aliphatic carbocycles. The van der Waals surface area contributed by atoms with Crippen molar-refractivity contribution in [2.75, 3.05) is 66.3 Å². The molecule has 0 aliphatic rings. The van der Waals surface area contributed by atoms with Crippen molar-refractivity contribution in [3.63, 3.8) is 0 Å². The second-order valence-electron chi connectivity index (χ2n) is 10.5. The van der Waals surface area contributed by atoms with Crippen molar-refractivity contribution in [2.24, 2.45) is 11.5 Å². The third-order valence-corrected chi connectivity index (χ3v) is 6.69. The van der Waals surface area contributed by atoms with Gasteiger partial charge < -0.3 is 63.1 Å². The Hall–Kier alpha value is -3.35. The molecule has 0 radical (unpaired) electrons. The van der Waals surface area contributed by atoms with Gasteiger partial charge in [0, 0.05) is 19.5 Å². The Balaban J connectivity index is 5.65. The fraction of sp³-hybridized carbons (Fsp3) is 0.759. The Bertz CT molecular complexity index is 925. The zero-order valence-corrected chi connectivity index (χ0v) is 27.2. The summed E-state index contributed by atoms with van der Waals surface area (Å²) in [5, 5.41) is 33.9. The number of Topliss-reactive ketones (excluding diaryl/α,β-unsaturated/α-hetero) is 1. The minimum Gasteiger partial charge on any atom is -0.395 e. The Labute approximate surface area is 271 Å². The van der Waals surface area contributed by atoms with Crippen LogP contribution in [0.1, 0.15) is 51.9 Å². The van der Waals surface area contributed by atoms with Crippen LogP contribution in [0.5, 0.6) is 0 Å². The van der Waals surface area contributed by atoms with E-state index in [0.717, 1.165) is 0 Å². The Morgan fingerprint density at radius 1 is 0.739 bits per heavy atom. The van der Waals surface area contributed by atoms with Gasteiger partial charge in [-0.15, -0.1) is 0 Å². The lowest BCUT2D eigenvalue weighted by atomic mass is 10.0. The average molecular weight is 661 g/mol. The van der Waals surface area contributed by atoms with E-state index in [2.05, 4.69) is 38.5 Å². The lowest BCUT2D eigenvalue weighted by Crippen LogP contribution is -2.57. The molecule has 0 aromatic heterocycles. The number of ether oxygens (including phenoxy) is 2. The number of amides is 4. The molecule has 266 valence electrons. The summed E-state index contributed by atoms with van der Waals surface area (Å²) >= 11 is 0. The highest BCUT2D eigenvalue weighted by molar-refractivity contribution is 5.95. The molecule has 46 heavy (non-hydrogen) atoms. The second kappa shape index (κ2) is 26.8. The van der Waals surface area contributed by atoms with Gasteiger partial charge in [0.05, 0.1) is 51.5 Å². The summed E-state index contributed by atoms with van der Waals surface area (Å²) in [6.45, 7) is 5.94. The van der Waals surface area contributed by atoms with Crippen LogP contribution in [0.2, 0.25) is 0 Å². The van der Waals surface area contributed by atoms with Gasteiger partial charge >= 0.3 is 0 Å². The molecule has 0 aromatic carbocycles. The van der Waals surface area contributed by atoms with Crippen LogP contribution in [0.3, 0.4) is 0 Å². The van der Waals surface area contributed by atoms with Crippen molar-refractivity contribution in [1.82, 2.24) is 31.9 Å². The standard InChI is InChI=1S/C29H56N8O9/c1-20(40)22(9-10-26(41)34-13-14-38)35-27(42)23(7-4-5-11-30)36-28(43)24(8-6-12-33-21(2)31)37-29(44)25(32-3)19-46-18-17-45-16-15-39/h22-25,32-33,38-39H,2,4-19,30-31H2,1,3H3,(H,34,41)(H,35,42)(H,36,43)(H,37,44)/t22-,23?,24-,25?/m0/s1. The molecule has 12 N–H and O–H groups in total. The van der Waals surface area contributed by atoms with Crippen LogP contribution in [-0.4, -0.2) is 130 Å². The first kappa shape index (κ1) is 42.6. The van der Waals surface area contributed by atoms with E-state index in [9.17, 15) is 24.0 Å². The number of nitrogens with two attached hydrogens (primary N) is 2. The second-order valence-corrected chi connectivity index (χ2v) is 10.5. The van der Waals surface area contributed by atoms with Crippen LogP contribution in [0.25, 0.3) is 0 Å². The van der Waals surface area contributed by atoms with E-state index in [1.165, 1.54) is 6.92 Å². The summed E-state index contributed by atoms with van der Waals surface area (Å²) in [4.78, 5) is 64.2. The summed E-state index contributed by atoms with van der Waals surface area (Å²) in [5.41, 5.74) is 11.2. The van der Waals surface area contributed by atoms with E-state index < -0.39 is 41.9 Å². The molecule has 0 aromatic rings. The molecule has 17 heteroatoms. The molecule has 0 spiro atoms. The van der Waals surface area contributed by atoms with Crippen LogP contribution in [0.4, 0.5) is 0 Å². The molecule has 0 aliphatic heterocycles. The topological polar surface area (TPSA) is 268 Å². The molecule has 0 saturated carbocycles. The maximum atomic E-state index is 13.5. The predicted molar refractivity (Wildman–Crippen MR) is 171 cm³/mol. The molecule has 0 saturated heterocycles. The van der Waals surface area contributed by atoms with E-state index >= 15 is 0 Å². The Kier molecular flexibility index (Phi) is 24.9. The third kappa shape index (κ3) is 20.6.